The Morgan fingerprint density at radius 3 is 2.87 bits per heavy atom. The predicted octanol–water partition coefficient (Wildman–Crippen LogP) is 2.17. The third kappa shape index (κ3) is 3.09. The quantitative estimate of drug-likeness (QED) is 0.641. The second-order valence-electron chi connectivity index (χ2n) is 2.95. The first-order valence-corrected chi connectivity index (χ1v) is 4.81. The van der Waals surface area contributed by atoms with Gasteiger partial charge in [0.05, 0.1) is 23.7 Å². The van der Waals surface area contributed by atoms with Crippen LogP contribution in [0, 0.1) is 5.82 Å². The highest BCUT2D eigenvalue weighted by Crippen LogP contribution is 2.25. The molecule has 0 saturated heterocycles. The van der Waals surface area contributed by atoms with Gasteiger partial charge in [0, 0.05) is 0 Å². The van der Waals surface area contributed by atoms with Gasteiger partial charge in [0.15, 0.2) is 0 Å². The molecule has 0 heterocycles. The lowest BCUT2D eigenvalue weighted by Crippen LogP contribution is -2.08. The van der Waals surface area contributed by atoms with Gasteiger partial charge in [0.25, 0.3) is 0 Å². The van der Waals surface area contributed by atoms with Crippen molar-refractivity contribution in [1.82, 2.24) is 0 Å². The molecule has 0 atom stereocenters. The molecule has 5 heteroatoms. The molecule has 1 aromatic carbocycles. The first kappa shape index (κ1) is 11.8. The van der Waals surface area contributed by atoms with Crippen LogP contribution in [0.15, 0.2) is 12.1 Å². The zero-order valence-corrected chi connectivity index (χ0v) is 8.97. The molecule has 1 rings (SSSR count). The van der Waals surface area contributed by atoms with Gasteiger partial charge >= 0.3 is 5.97 Å². The van der Waals surface area contributed by atoms with E-state index in [1.54, 1.807) is 6.92 Å². The van der Waals surface area contributed by atoms with Crippen molar-refractivity contribution in [3.05, 3.63) is 28.5 Å². The van der Waals surface area contributed by atoms with Gasteiger partial charge in [0.2, 0.25) is 0 Å². The Bertz CT molecular complexity index is 382. The van der Waals surface area contributed by atoms with Crippen LogP contribution in [0.1, 0.15) is 12.5 Å². The summed E-state index contributed by atoms with van der Waals surface area (Å²) < 4.78 is 17.7. The van der Waals surface area contributed by atoms with Crippen molar-refractivity contribution in [3.8, 4) is 0 Å². The highest BCUT2D eigenvalue weighted by atomic mass is 35.5. The van der Waals surface area contributed by atoms with E-state index in [0.717, 1.165) is 6.07 Å². The number of benzene rings is 1. The average molecular weight is 232 g/mol. The molecule has 2 N–H and O–H groups in total. The summed E-state index contributed by atoms with van der Waals surface area (Å²) in [6, 6.07) is 2.28. The molecule has 0 aliphatic rings. The Balaban J connectivity index is 2.89. The van der Waals surface area contributed by atoms with Crippen LogP contribution in [0.25, 0.3) is 0 Å². The number of esters is 1. The van der Waals surface area contributed by atoms with Crippen molar-refractivity contribution >= 4 is 23.3 Å². The Hall–Kier alpha value is -1.29. The zero-order valence-electron chi connectivity index (χ0n) is 8.22. The summed E-state index contributed by atoms with van der Waals surface area (Å²) in [7, 11) is 0. The van der Waals surface area contributed by atoms with Crippen molar-refractivity contribution in [2.24, 2.45) is 0 Å². The number of ether oxygens (including phenoxy) is 1. The Morgan fingerprint density at radius 2 is 2.27 bits per heavy atom. The van der Waals surface area contributed by atoms with Gasteiger partial charge < -0.3 is 10.5 Å². The van der Waals surface area contributed by atoms with Gasteiger partial charge in [0.1, 0.15) is 5.82 Å². The van der Waals surface area contributed by atoms with Gasteiger partial charge in [-0.2, -0.15) is 0 Å². The first-order valence-electron chi connectivity index (χ1n) is 4.43. The fraction of sp³-hybridized carbons (Fsp3) is 0.300. The van der Waals surface area contributed by atoms with E-state index in [-0.39, 0.29) is 23.7 Å². The molecule has 3 nitrogen and oxygen atoms in total. The average Bonchev–Trinajstić information content (AvgIpc) is 2.13. The summed E-state index contributed by atoms with van der Waals surface area (Å²) in [5.74, 6) is -0.972. The van der Waals surface area contributed by atoms with E-state index >= 15 is 0 Å². The van der Waals surface area contributed by atoms with Gasteiger partial charge in [-0.15, -0.1) is 0 Å². The molecule has 82 valence electrons. The maximum absolute atomic E-state index is 13.0. The summed E-state index contributed by atoms with van der Waals surface area (Å²) in [6.45, 7) is 1.97. The van der Waals surface area contributed by atoms with E-state index in [0.29, 0.717) is 5.56 Å². The number of carbonyl (C=O) groups is 1. The lowest BCUT2D eigenvalue weighted by atomic mass is 10.1. The van der Waals surface area contributed by atoms with Crippen LogP contribution >= 0.6 is 11.6 Å². The fourth-order valence-corrected chi connectivity index (χ4v) is 1.34. The molecule has 0 saturated carbocycles. The topological polar surface area (TPSA) is 52.3 Å². The summed E-state index contributed by atoms with van der Waals surface area (Å²) in [5.41, 5.74) is 5.91. The first-order chi connectivity index (χ1) is 7.04. The Morgan fingerprint density at radius 1 is 1.60 bits per heavy atom. The van der Waals surface area contributed by atoms with E-state index in [1.165, 1.54) is 6.07 Å². The Kier molecular flexibility index (Phi) is 3.91. The van der Waals surface area contributed by atoms with E-state index in [9.17, 15) is 9.18 Å². The van der Waals surface area contributed by atoms with Gasteiger partial charge in [-0.1, -0.05) is 11.6 Å². The highest BCUT2D eigenvalue weighted by molar-refractivity contribution is 6.34. The summed E-state index contributed by atoms with van der Waals surface area (Å²) >= 11 is 5.81. The summed E-state index contributed by atoms with van der Waals surface area (Å²) in [6.07, 6.45) is -0.0748. The smallest absolute Gasteiger partial charge is 0.310 e. The molecule has 0 aromatic heterocycles. The van der Waals surface area contributed by atoms with Crippen LogP contribution in [0.2, 0.25) is 5.02 Å². The molecule has 0 fully saturated rings. The summed E-state index contributed by atoms with van der Waals surface area (Å²) in [5, 5.41) is 0.199. The van der Waals surface area contributed by atoms with Gasteiger partial charge in [-0.05, 0) is 24.6 Å². The zero-order chi connectivity index (χ0) is 11.4. The minimum atomic E-state index is -0.517. The van der Waals surface area contributed by atoms with Crippen molar-refractivity contribution in [2.75, 3.05) is 12.3 Å². The van der Waals surface area contributed by atoms with E-state index in [2.05, 4.69) is 0 Å². The number of halogens is 2. The lowest BCUT2D eigenvalue weighted by Gasteiger charge is -2.06. The van der Waals surface area contributed by atoms with Crippen molar-refractivity contribution in [2.45, 2.75) is 13.3 Å². The van der Waals surface area contributed by atoms with Crippen LogP contribution in [0.5, 0.6) is 0 Å². The maximum Gasteiger partial charge on any atom is 0.310 e. The molecule has 0 aliphatic carbocycles. The second kappa shape index (κ2) is 4.98. The lowest BCUT2D eigenvalue weighted by molar-refractivity contribution is -0.142. The third-order valence-corrected chi connectivity index (χ3v) is 2.24. The minimum absolute atomic E-state index is 0.0748. The molecular formula is C10H11ClFNO2. The number of rotatable bonds is 3. The predicted molar refractivity (Wildman–Crippen MR) is 56.2 cm³/mol. The number of carbonyl (C=O) groups excluding carboxylic acids is 1. The number of hydrogen-bond donors (Lipinski definition) is 1. The van der Waals surface area contributed by atoms with Crippen molar-refractivity contribution in [1.29, 1.82) is 0 Å². The Labute approximate surface area is 92.0 Å². The summed E-state index contributed by atoms with van der Waals surface area (Å²) in [4.78, 5) is 11.1. The minimum Gasteiger partial charge on any atom is -0.466 e. The molecule has 0 spiro atoms. The molecule has 1 aromatic rings. The third-order valence-electron chi connectivity index (χ3n) is 1.78. The fourth-order valence-electron chi connectivity index (χ4n) is 1.16. The normalized spacial score (nSPS) is 10.1. The molecule has 15 heavy (non-hydrogen) atoms. The number of hydrogen-bond acceptors (Lipinski definition) is 3. The molecule has 0 aliphatic heterocycles. The van der Waals surface area contributed by atoms with Crippen LogP contribution < -0.4 is 5.73 Å². The van der Waals surface area contributed by atoms with Crippen LogP contribution in [0.3, 0.4) is 0 Å². The molecule has 0 unspecified atom stereocenters. The van der Waals surface area contributed by atoms with Crippen LogP contribution in [0.4, 0.5) is 10.1 Å². The monoisotopic (exact) mass is 231 g/mol. The van der Waals surface area contributed by atoms with Crippen molar-refractivity contribution < 1.29 is 13.9 Å². The van der Waals surface area contributed by atoms with E-state index < -0.39 is 11.8 Å². The van der Waals surface area contributed by atoms with Crippen molar-refractivity contribution in [3.63, 3.8) is 0 Å². The van der Waals surface area contributed by atoms with Gasteiger partial charge in [-0.25, -0.2) is 4.39 Å². The maximum atomic E-state index is 13.0. The number of nitrogens with two attached hydrogens (primary N) is 1. The highest BCUT2D eigenvalue weighted by Gasteiger charge is 2.11. The van der Waals surface area contributed by atoms with Crippen LogP contribution in [-0.2, 0) is 16.0 Å². The largest absolute Gasteiger partial charge is 0.466 e. The number of nitrogen functional groups attached to an aromatic ring is 1. The molecule has 0 bridgehead atoms. The standard InChI is InChI=1S/C10H11ClFNO2/c1-2-15-9(14)4-6-3-7(12)5-8(13)10(6)11/h3,5H,2,4,13H2,1H3. The molecule has 0 radical (unpaired) electrons. The number of anilines is 1. The van der Waals surface area contributed by atoms with E-state index in [4.69, 9.17) is 22.1 Å². The SMILES string of the molecule is CCOC(=O)Cc1cc(F)cc(N)c1Cl. The molecule has 0 amide bonds. The van der Waals surface area contributed by atoms with Gasteiger partial charge in [-0.3, -0.25) is 4.79 Å². The van der Waals surface area contributed by atoms with Crippen LogP contribution in [-0.4, -0.2) is 12.6 Å². The molecular weight excluding hydrogens is 221 g/mol. The van der Waals surface area contributed by atoms with E-state index in [1.807, 2.05) is 0 Å². The second-order valence-corrected chi connectivity index (χ2v) is 3.33.